The zero-order valence-electron chi connectivity index (χ0n) is 30.8. The number of amides is 1. The second-order valence-electron chi connectivity index (χ2n) is 16.7. The summed E-state index contributed by atoms with van der Waals surface area (Å²) in [5, 5.41) is 21.0. The van der Waals surface area contributed by atoms with Crippen LogP contribution in [0.4, 0.5) is 4.79 Å². The van der Waals surface area contributed by atoms with Gasteiger partial charge in [0, 0.05) is 39.6 Å². The average Bonchev–Trinajstić information content (AvgIpc) is 2.90. The third-order valence-corrected chi connectivity index (χ3v) is 11.5. The lowest BCUT2D eigenvalue weighted by Gasteiger charge is -2.42. The van der Waals surface area contributed by atoms with Crippen molar-refractivity contribution in [3.8, 4) is 11.5 Å². The third-order valence-electron chi connectivity index (χ3n) is 8.37. The first-order valence-electron chi connectivity index (χ1n) is 16.6. The summed E-state index contributed by atoms with van der Waals surface area (Å²) >= 11 is 3.57. The highest BCUT2D eigenvalue weighted by Crippen LogP contribution is 2.56. The Kier molecular flexibility index (Phi) is 11.7. The van der Waals surface area contributed by atoms with Crippen LogP contribution in [0.25, 0.3) is 0 Å². The van der Waals surface area contributed by atoms with Crippen molar-refractivity contribution in [3.63, 3.8) is 0 Å². The molecule has 0 aromatic heterocycles. The Morgan fingerprint density at radius 3 is 1.74 bits per heavy atom. The van der Waals surface area contributed by atoms with Crippen molar-refractivity contribution in [2.24, 2.45) is 0 Å². The van der Waals surface area contributed by atoms with Gasteiger partial charge >= 0.3 is 12.1 Å². The molecule has 0 bridgehead atoms. The fourth-order valence-electron chi connectivity index (χ4n) is 5.93. The predicted molar refractivity (Wildman–Crippen MR) is 195 cm³/mol. The van der Waals surface area contributed by atoms with E-state index < -0.39 is 12.6 Å². The van der Waals surface area contributed by atoms with E-state index in [1.54, 1.807) is 28.4 Å². The van der Waals surface area contributed by atoms with Crippen LogP contribution in [0.1, 0.15) is 125 Å². The molecular formula is C38H57NO6S2. The van der Waals surface area contributed by atoms with Crippen LogP contribution in [0, 0.1) is 0 Å². The minimum absolute atomic E-state index is 0.271. The molecule has 0 aliphatic carbocycles. The van der Waals surface area contributed by atoms with E-state index in [1.807, 2.05) is 6.92 Å². The number of benzene rings is 2. The predicted octanol–water partition coefficient (Wildman–Crippen LogP) is 9.88. The number of carbonyl (C=O) groups is 2. The van der Waals surface area contributed by atoms with E-state index >= 15 is 0 Å². The number of aliphatic carboxylic acids is 1. The summed E-state index contributed by atoms with van der Waals surface area (Å²) in [7, 11) is 0. The van der Waals surface area contributed by atoms with Crippen molar-refractivity contribution in [2.75, 3.05) is 26.3 Å². The number of phenolic OH excluding ortho intramolecular Hbond substituents is 1. The van der Waals surface area contributed by atoms with Crippen molar-refractivity contribution < 1.29 is 29.3 Å². The largest absolute Gasteiger partial charge is 0.507 e. The zero-order valence-corrected chi connectivity index (χ0v) is 32.5. The van der Waals surface area contributed by atoms with E-state index in [2.05, 4.69) is 107 Å². The summed E-state index contributed by atoms with van der Waals surface area (Å²) in [6.07, 6.45) is 1.11. The lowest BCUT2D eigenvalue weighted by atomic mass is 9.79. The molecule has 1 fully saturated rings. The minimum Gasteiger partial charge on any atom is -0.507 e. The summed E-state index contributed by atoms with van der Waals surface area (Å²) in [5.74, 6) is -0.0323. The van der Waals surface area contributed by atoms with Crippen LogP contribution in [0.15, 0.2) is 34.1 Å². The van der Waals surface area contributed by atoms with Crippen LogP contribution in [-0.2, 0) is 31.2 Å². The summed E-state index contributed by atoms with van der Waals surface area (Å²) < 4.78 is 11.1. The van der Waals surface area contributed by atoms with E-state index in [4.69, 9.17) is 9.47 Å². The van der Waals surface area contributed by atoms with Crippen molar-refractivity contribution in [3.05, 3.63) is 46.5 Å². The molecule has 1 aliphatic rings. The molecule has 47 heavy (non-hydrogen) atoms. The van der Waals surface area contributed by atoms with E-state index in [0.717, 1.165) is 32.0 Å². The van der Waals surface area contributed by atoms with Crippen LogP contribution in [-0.4, -0.2) is 57.6 Å². The number of thioether (sulfide) groups is 2. The number of phenols is 1. The van der Waals surface area contributed by atoms with Crippen molar-refractivity contribution in [1.29, 1.82) is 0 Å². The molecule has 1 amide bonds. The first kappa shape index (κ1) is 38.9. The van der Waals surface area contributed by atoms with E-state index in [1.165, 1.54) is 0 Å². The molecule has 1 aliphatic heterocycles. The number of piperidine rings is 1. The number of carboxylic acids is 1. The van der Waals surface area contributed by atoms with Crippen LogP contribution in [0.3, 0.4) is 0 Å². The van der Waals surface area contributed by atoms with E-state index in [-0.39, 0.29) is 31.8 Å². The molecule has 1 saturated heterocycles. The van der Waals surface area contributed by atoms with Gasteiger partial charge in [-0.3, -0.25) is 0 Å². The number of aromatic hydroxyl groups is 1. The molecule has 0 unspecified atom stereocenters. The van der Waals surface area contributed by atoms with Gasteiger partial charge in [0.2, 0.25) is 0 Å². The van der Waals surface area contributed by atoms with E-state index in [9.17, 15) is 19.8 Å². The molecule has 9 heteroatoms. The van der Waals surface area contributed by atoms with Gasteiger partial charge in [-0.25, -0.2) is 9.59 Å². The van der Waals surface area contributed by atoms with Crippen molar-refractivity contribution in [2.45, 2.75) is 138 Å². The number of carbonyl (C=O) groups excluding carboxylic acids is 1. The molecule has 0 saturated carbocycles. The van der Waals surface area contributed by atoms with Crippen molar-refractivity contribution in [1.82, 2.24) is 4.90 Å². The minimum atomic E-state index is -1.02. The molecule has 0 atom stereocenters. The molecule has 2 aromatic rings. The quantitative estimate of drug-likeness (QED) is 0.265. The summed E-state index contributed by atoms with van der Waals surface area (Å²) in [6.45, 7) is 28.3. The number of nitrogens with zero attached hydrogens (tertiary/aromatic N) is 1. The van der Waals surface area contributed by atoms with Crippen LogP contribution < -0.4 is 4.74 Å². The number of carboxylic acid groups (broad SMARTS) is 1. The van der Waals surface area contributed by atoms with Gasteiger partial charge in [-0.05, 0) is 65.2 Å². The molecule has 3 rings (SSSR count). The fourth-order valence-corrected chi connectivity index (χ4v) is 9.25. The molecule has 2 aromatic carbocycles. The Labute approximate surface area is 291 Å². The van der Waals surface area contributed by atoms with Gasteiger partial charge in [0.25, 0.3) is 0 Å². The molecule has 2 N–H and O–H groups in total. The van der Waals surface area contributed by atoms with Gasteiger partial charge in [0.1, 0.15) is 11.5 Å². The average molecular weight is 688 g/mol. The fraction of sp³-hybridized carbons (Fsp3) is 0.632. The number of ether oxygens (including phenoxy) is 2. The van der Waals surface area contributed by atoms with Crippen LogP contribution >= 0.6 is 23.5 Å². The highest BCUT2D eigenvalue weighted by Gasteiger charge is 2.41. The summed E-state index contributed by atoms with van der Waals surface area (Å²) in [6, 6.07) is 8.50. The molecule has 7 nitrogen and oxygen atoms in total. The normalized spacial score (nSPS) is 15.8. The van der Waals surface area contributed by atoms with Gasteiger partial charge in [-0.2, -0.15) is 0 Å². The number of hydrogen-bond acceptors (Lipinski definition) is 7. The standard InChI is InChI=1S/C38H57NO6S2/c1-14-44-33(43)39-19-17-38(18-20-39,46-24-21-26(35(5,6)7)31(42)27(22-24)36(8,9)10)47-28-16-15-25(34(2,3)4)32(45-23-29(40)41)30(28)37(11,12)13/h15-16,21-22,42H,14,17-20,23H2,1-13H3,(H,40,41). The summed E-state index contributed by atoms with van der Waals surface area (Å²) in [5.41, 5.74) is 2.60. The third kappa shape index (κ3) is 9.56. The van der Waals surface area contributed by atoms with Gasteiger partial charge in [-0.1, -0.05) is 89.2 Å². The molecular weight excluding hydrogens is 631 g/mol. The highest BCUT2D eigenvalue weighted by molar-refractivity contribution is 8.18. The second kappa shape index (κ2) is 14.1. The number of likely N-dealkylation sites (tertiary alicyclic amines) is 1. The molecule has 0 spiro atoms. The van der Waals surface area contributed by atoms with Gasteiger partial charge in [0.15, 0.2) is 6.61 Å². The van der Waals surface area contributed by atoms with Crippen LogP contribution in [0.2, 0.25) is 0 Å². The van der Waals surface area contributed by atoms with Crippen LogP contribution in [0.5, 0.6) is 11.5 Å². The van der Waals surface area contributed by atoms with E-state index in [0.29, 0.717) is 44.0 Å². The van der Waals surface area contributed by atoms with Gasteiger partial charge in [0.05, 0.1) is 10.7 Å². The molecule has 262 valence electrons. The molecule has 1 heterocycles. The maximum Gasteiger partial charge on any atom is 0.409 e. The maximum atomic E-state index is 12.8. The Hall–Kier alpha value is -2.52. The second-order valence-corrected chi connectivity index (χ2v) is 19.8. The SMILES string of the molecule is CCOC(=O)N1CCC(Sc2cc(C(C)(C)C)c(O)c(C(C)(C)C)c2)(Sc2ccc(C(C)(C)C)c(OCC(=O)O)c2C(C)(C)C)CC1. The monoisotopic (exact) mass is 687 g/mol. The zero-order chi connectivity index (χ0) is 35.8. The smallest absolute Gasteiger partial charge is 0.409 e. The Bertz CT molecular complexity index is 1410. The van der Waals surface area contributed by atoms with Crippen molar-refractivity contribution >= 4 is 35.6 Å². The lowest BCUT2D eigenvalue weighted by molar-refractivity contribution is -0.139. The number of rotatable bonds is 8. The van der Waals surface area contributed by atoms with Gasteiger partial charge in [-0.15, -0.1) is 23.5 Å². The molecule has 0 radical (unpaired) electrons. The summed E-state index contributed by atoms with van der Waals surface area (Å²) in [4.78, 5) is 28.4. The first-order chi connectivity index (χ1) is 21.4. The Balaban J connectivity index is 2.25. The Morgan fingerprint density at radius 1 is 0.809 bits per heavy atom. The lowest BCUT2D eigenvalue weighted by Crippen LogP contribution is -2.44. The van der Waals surface area contributed by atoms with Gasteiger partial charge < -0.3 is 24.6 Å². The number of hydrogen-bond donors (Lipinski definition) is 2. The highest BCUT2D eigenvalue weighted by atomic mass is 32.2. The Morgan fingerprint density at radius 2 is 1.32 bits per heavy atom. The first-order valence-corrected chi connectivity index (χ1v) is 18.2. The topological polar surface area (TPSA) is 96.3 Å². The maximum absolute atomic E-state index is 12.8.